The van der Waals surface area contributed by atoms with Crippen molar-refractivity contribution in [2.24, 2.45) is 5.92 Å². The minimum atomic E-state index is -0.555. The van der Waals surface area contributed by atoms with Crippen LogP contribution in [0.4, 0.5) is 4.79 Å². The van der Waals surface area contributed by atoms with Crippen LogP contribution in [0.5, 0.6) is 0 Å². The molecule has 1 aromatic rings. The summed E-state index contributed by atoms with van der Waals surface area (Å²) in [7, 11) is 0. The Hall–Kier alpha value is -1.60. The summed E-state index contributed by atoms with van der Waals surface area (Å²) in [6.07, 6.45) is 1.98. The Kier molecular flexibility index (Phi) is 4.59. The zero-order valence-corrected chi connectivity index (χ0v) is 14.1. The lowest BCUT2D eigenvalue weighted by atomic mass is 9.90. The summed E-state index contributed by atoms with van der Waals surface area (Å²) < 4.78 is 16.6. The molecule has 2 amide bonds. The number of nitrogens with zero attached hydrogens (tertiary/aromatic N) is 2. The van der Waals surface area contributed by atoms with Crippen LogP contribution in [0.1, 0.15) is 36.8 Å². The van der Waals surface area contributed by atoms with Crippen molar-refractivity contribution in [2.45, 2.75) is 45.9 Å². The molecule has 1 aromatic heterocycles. The smallest absolute Gasteiger partial charge is 0.317 e. The lowest BCUT2D eigenvalue weighted by Gasteiger charge is -2.39. The first kappa shape index (κ1) is 16.3. The van der Waals surface area contributed by atoms with E-state index in [-0.39, 0.29) is 11.9 Å². The minimum absolute atomic E-state index is 0.0590. The maximum atomic E-state index is 12.5. The largest absolute Gasteiger partial charge is 0.361 e. The zero-order chi connectivity index (χ0) is 16.4. The number of hydrogen-bond donors (Lipinski definition) is 1. The average molecular weight is 323 g/mol. The number of ether oxygens (including phenoxy) is 2. The second kappa shape index (κ2) is 6.49. The Labute approximate surface area is 136 Å². The monoisotopic (exact) mass is 323 g/mol. The molecule has 23 heavy (non-hydrogen) atoms. The van der Waals surface area contributed by atoms with Crippen molar-refractivity contribution in [1.82, 2.24) is 15.4 Å². The number of likely N-dealkylation sites (tertiary alicyclic amines) is 1. The van der Waals surface area contributed by atoms with Crippen LogP contribution >= 0.6 is 0 Å². The highest BCUT2D eigenvalue weighted by Crippen LogP contribution is 2.34. The van der Waals surface area contributed by atoms with Gasteiger partial charge in [-0.15, -0.1) is 0 Å². The van der Waals surface area contributed by atoms with E-state index in [1.165, 1.54) is 0 Å². The van der Waals surface area contributed by atoms with Crippen molar-refractivity contribution in [2.75, 3.05) is 26.3 Å². The Morgan fingerprint density at radius 1 is 1.39 bits per heavy atom. The third-order valence-corrected chi connectivity index (χ3v) is 4.91. The Morgan fingerprint density at radius 3 is 2.78 bits per heavy atom. The first-order valence-electron chi connectivity index (χ1n) is 8.22. The summed E-state index contributed by atoms with van der Waals surface area (Å²) in [5.41, 5.74) is 1.76. The van der Waals surface area contributed by atoms with Gasteiger partial charge >= 0.3 is 6.03 Å². The van der Waals surface area contributed by atoms with Gasteiger partial charge in [0.1, 0.15) is 5.76 Å². The zero-order valence-electron chi connectivity index (χ0n) is 14.1. The topological polar surface area (TPSA) is 76.8 Å². The van der Waals surface area contributed by atoms with Crippen LogP contribution < -0.4 is 5.32 Å². The second-order valence-electron chi connectivity index (χ2n) is 6.46. The Balaban J connectivity index is 1.57. The van der Waals surface area contributed by atoms with Crippen LogP contribution in [0.3, 0.4) is 0 Å². The van der Waals surface area contributed by atoms with Gasteiger partial charge in [0.2, 0.25) is 0 Å². The van der Waals surface area contributed by atoms with E-state index >= 15 is 0 Å². The number of carbonyl (C=O) groups excluding carboxylic acids is 1. The predicted octanol–water partition coefficient (Wildman–Crippen LogP) is 1.98. The number of amides is 2. The van der Waals surface area contributed by atoms with Crippen molar-refractivity contribution < 1.29 is 18.8 Å². The van der Waals surface area contributed by atoms with Gasteiger partial charge in [-0.2, -0.15) is 0 Å². The van der Waals surface area contributed by atoms with Crippen molar-refractivity contribution in [3.05, 3.63) is 17.0 Å². The molecule has 0 bridgehead atoms. The summed E-state index contributed by atoms with van der Waals surface area (Å²) in [6, 6.07) is -0.0590. The number of rotatable bonds is 3. The van der Waals surface area contributed by atoms with Gasteiger partial charge in [-0.25, -0.2) is 4.79 Å². The normalized spacial score (nSPS) is 24.0. The van der Waals surface area contributed by atoms with Gasteiger partial charge in [-0.05, 0) is 33.6 Å². The number of nitrogens with one attached hydrogen (secondary N) is 1. The molecule has 128 valence electrons. The first-order valence-corrected chi connectivity index (χ1v) is 8.22. The van der Waals surface area contributed by atoms with Gasteiger partial charge in [0.15, 0.2) is 5.79 Å². The van der Waals surface area contributed by atoms with Crippen molar-refractivity contribution in [3.8, 4) is 0 Å². The molecule has 1 atom stereocenters. The average Bonchev–Trinajstić information content (AvgIpc) is 3.13. The molecule has 0 radical (unpaired) electrons. The van der Waals surface area contributed by atoms with Crippen LogP contribution in [0, 0.1) is 19.8 Å². The SMILES string of the molecule is Cc1noc(C)c1CNC(=O)N1CCCC(C2(C)OCCO2)C1. The molecule has 0 saturated carbocycles. The molecule has 2 aliphatic heterocycles. The maximum Gasteiger partial charge on any atom is 0.317 e. The summed E-state index contributed by atoms with van der Waals surface area (Å²) in [6.45, 7) is 8.83. The molecule has 0 aliphatic carbocycles. The highest BCUT2D eigenvalue weighted by molar-refractivity contribution is 5.74. The molecular formula is C16H25N3O4. The molecule has 7 nitrogen and oxygen atoms in total. The molecule has 2 saturated heterocycles. The van der Waals surface area contributed by atoms with Crippen LogP contribution in [0.25, 0.3) is 0 Å². The lowest BCUT2D eigenvalue weighted by molar-refractivity contribution is -0.189. The van der Waals surface area contributed by atoms with E-state index < -0.39 is 5.79 Å². The van der Waals surface area contributed by atoms with E-state index in [0.29, 0.717) is 26.3 Å². The van der Waals surface area contributed by atoms with Gasteiger partial charge in [0, 0.05) is 31.1 Å². The number of hydrogen-bond acceptors (Lipinski definition) is 5. The van der Waals surface area contributed by atoms with Crippen LogP contribution in [0.2, 0.25) is 0 Å². The number of urea groups is 1. The van der Waals surface area contributed by atoms with Gasteiger partial charge in [-0.1, -0.05) is 5.16 Å². The highest BCUT2D eigenvalue weighted by Gasteiger charge is 2.42. The summed E-state index contributed by atoms with van der Waals surface area (Å²) >= 11 is 0. The molecule has 7 heteroatoms. The Morgan fingerprint density at radius 2 is 2.13 bits per heavy atom. The molecule has 2 fully saturated rings. The van der Waals surface area contributed by atoms with Crippen molar-refractivity contribution in [1.29, 1.82) is 0 Å². The van der Waals surface area contributed by atoms with Crippen molar-refractivity contribution in [3.63, 3.8) is 0 Å². The fourth-order valence-electron chi connectivity index (χ4n) is 3.39. The predicted molar refractivity (Wildman–Crippen MR) is 82.8 cm³/mol. The minimum Gasteiger partial charge on any atom is -0.361 e. The summed E-state index contributed by atoms with van der Waals surface area (Å²) in [4.78, 5) is 14.3. The summed E-state index contributed by atoms with van der Waals surface area (Å²) in [5, 5.41) is 6.87. The fourth-order valence-corrected chi connectivity index (χ4v) is 3.39. The van der Waals surface area contributed by atoms with Crippen molar-refractivity contribution >= 4 is 6.03 Å². The number of aromatic nitrogens is 1. The third kappa shape index (κ3) is 3.35. The van der Waals surface area contributed by atoms with Gasteiger partial charge in [0.25, 0.3) is 0 Å². The van der Waals surface area contributed by atoms with E-state index in [2.05, 4.69) is 10.5 Å². The van der Waals surface area contributed by atoms with E-state index in [4.69, 9.17) is 14.0 Å². The van der Waals surface area contributed by atoms with E-state index in [9.17, 15) is 4.79 Å². The number of carbonyl (C=O) groups is 1. The molecule has 2 aliphatic rings. The van der Waals surface area contributed by atoms with Gasteiger partial charge in [0.05, 0.1) is 18.9 Å². The lowest BCUT2D eigenvalue weighted by Crippen LogP contribution is -2.51. The van der Waals surface area contributed by atoms with Crippen LogP contribution in [-0.2, 0) is 16.0 Å². The molecular weight excluding hydrogens is 298 g/mol. The Bertz CT molecular complexity index is 546. The fraction of sp³-hybridized carbons (Fsp3) is 0.750. The van der Waals surface area contributed by atoms with Gasteiger partial charge < -0.3 is 24.2 Å². The quantitative estimate of drug-likeness (QED) is 0.920. The first-order chi connectivity index (χ1) is 11.0. The third-order valence-electron chi connectivity index (χ3n) is 4.91. The standard InChI is InChI=1S/C16H25N3O4/c1-11-14(12(2)23-18-11)9-17-15(20)19-6-4-5-13(10-19)16(3)21-7-8-22-16/h13H,4-10H2,1-3H3,(H,17,20). The summed E-state index contributed by atoms with van der Waals surface area (Å²) in [5.74, 6) is 0.406. The highest BCUT2D eigenvalue weighted by atomic mass is 16.7. The van der Waals surface area contributed by atoms with E-state index in [1.807, 2.05) is 25.7 Å². The molecule has 3 rings (SSSR count). The maximum absolute atomic E-state index is 12.5. The number of aryl methyl sites for hydroxylation is 2. The van der Waals surface area contributed by atoms with Crippen LogP contribution in [-0.4, -0.2) is 48.2 Å². The molecule has 0 aromatic carbocycles. The van der Waals surface area contributed by atoms with Gasteiger partial charge in [-0.3, -0.25) is 0 Å². The van der Waals surface area contributed by atoms with Crippen LogP contribution in [0.15, 0.2) is 4.52 Å². The molecule has 1 N–H and O–H groups in total. The van der Waals surface area contributed by atoms with E-state index in [1.54, 1.807) is 0 Å². The second-order valence-corrected chi connectivity index (χ2v) is 6.46. The number of piperidine rings is 1. The van der Waals surface area contributed by atoms with E-state index in [0.717, 1.165) is 36.4 Å². The molecule has 3 heterocycles. The molecule has 1 unspecified atom stereocenters. The molecule has 0 spiro atoms.